The highest BCUT2D eigenvalue weighted by Crippen LogP contribution is 2.31. The molecule has 0 spiro atoms. The van der Waals surface area contributed by atoms with Crippen LogP contribution in [0, 0.1) is 0 Å². The number of carbonyl (C=O) groups excluding carboxylic acids is 2. The van der Waals surface area contributed by atoms with Crippen molar-refractivity contribution in [3.05, 3.63) is 35.9 Å². The molecule has 1 aliphatic rings. The van der Waals surface area contributed by atoms with Gasteiger partial charge in [-0.15, -0.1) is 0 Å². The molecule has 0 bridgehead atoms. The maximum Gasteiger partial charge on any atom is 0.272 e. The number of methoxy groups -OCH3 is 1. The Labute approximate surface area is 145 Å². The van der Waals surface area contributed by atoms with Gasteiger partial charge in [0, 0.05) is 40.0 Å². The molecule has 0 aromatic carbocycles. The van der Waals surface area contributed by atoms with E-state index in [2.05, 4.69) is 15.5 Å². The van der Waals surface area contributed by atoms with Crippen LogP contribution in [0.15, 0.2) is 24.5 Å². The Morgan fingerprint density at radius 2 is 2.20 bits per heavy atom. The van der Waals surface area contributed by atoms with Crippen LogP contribution < -0.4 is 5.32 Å². The molecule has 3 rings (SSSR count). The molecule has 0 saturated carbocycles. The fourth-order valence-corrected chi connectivity index (χ4v) is 3.11. The molecular weight excluding hydrogens is 324 g/mol. The lowest BCUT2D eigenvalue weighted by Crippen LogP contribution is -2.40. The lowest BCUT2D eigenvalue weighted by molar-refractivity contribution is -0.127. The Bertz CT molecular complexity index is 768. The number of likely N-dealkylation sites (N-methyl/N-ethyl adjacent to an activating group) is 1. The molecule has 9 heteroatoms. The number of ether oxygens (including phenoxy) is 1. The molecular formula is C16H22N6O3. The second-order valence-corrected chi connectivity index (χ2v) is 6.07. The summed E-state index contributed by atoms with van der Waals surface area (Å²) in [5.74, 6) is -0.307. The van der Waals surface area contributed by atoms with Gasteiger partial charge in [-0.25, -0.2) is 0 Å². The van der Waals surface area contributed by atoms with Crippen molar-refractivity contribution < 1.29 is 14.3 Å². The summed E-state index contributed by atoms with van der Waals surface area (Å²) < 4.78 is 8.38. The number of rotatable bonds is 6. The molecule has 1 N–H and O–H groups in total. The molecule has 0 radical (unpaired) electrons. The topological polar surface area (TPSA) is 94.3 Å². The number of nitrogens with zero attached hydrogens (tertiary/aromatic N) is 5. The van der Waals surface area contributed by atoms with Crippen molar-refractivity contribution in [2.24, 2.45) is 7.05 Å². The van der Waals surface area contributed by atoms with Crippen molar-refractivity contribution in [2.75, 3.05) is 20.8 Å². The summed E-state index contributed by atoms with van der Waals surface area (Å²) in [4.78, 5) is 26.3. The maximum atomic E-state index is 12.5. The standard InChI is InChI=1S/C16H22N6O3/c1-20-14(23)10-12(15(20)13-4-6-17-21(13)2)18-16(24)11-5-7-22(19-11)8-9-25-3/h4-7,12,15H,8-10H2,1-3H3,(H,18,24)/t12-,15-/m1/s1. The minimum absolute atomic E-state index is 0.0119. The van der Waals surface area contributed by atoms with Crippen molar-refractivity contribution in [1.82, 2.24) is 29.8 Å². The lowest BCUT2D eigenvalue weighted by atomic mass is 10.1. The largest absolute Gasteiger partial charge is 0.383 e. The molecule has 25 heavy (non-hydrogen) atoms. The van der Waals surface area contributed by atoms with Crippen LogP contribution in [0.4, 0.5) is 0 Å². The molecule has 2 aromatic rings. The molecule has 2 amide bonds. The molecule has 1 fully saturated rings. The van der Waals surface area contributed by atoms with Gasteiger partial charge in [-0.1, -0.05) is 0 Å². The molecule has 0 aliphatic carbocycles. The predicted octanol–water partition coefficient (Wildman–Crippen LogP) is -0.0352. The van der Waals surface area contributed by atoms with E-state index in [1.807, 2.05) is 13.1 Å². The number of amides is 2. The number of carbonyl (C=O) groups is 2. The first-order valence-corrected chi connectivity index (χ1v) is 8.08. The van der Waals surface area contributed by atoms with Crippen LogP contribution in [-0.4, -0.2) is 63.1 Å². The molecule has 9 nitrogen and oxygen atoms in total. The number of hydrogen-bond acceptors (Lipinski definition) is 5. The zero-order valence-electron chi connectivity index (χ0n) is 14.5. The zero-order valence-corrected chi connectivity index (χ0v) is 14.5. The Balaban J connectivity index is 1.74. The first-order chi connectivity index (χ1) is 12.0. The minimum Gasteiger partial charge on any atom is -0.383 e. The highest BCUT2D eigenvalue weighted by molar-refractivity contribution is 5.93. The molecule has 0 unspecified atom stereocenters. The van der Waals surface area contributed by atoms with Gasteiger partial charge in [0.2, 0.25) is 5.91 Å². The SMILES string of the molecule is COCCn1ccc(C(=O)N[C@@H]2CC(=O)N(C)[C@H]2c2ccnn2C)n1. The number of hydrogen-bond donors (Lipinski definition) is 1. The fraction of sp³-hybridized carbons (Fsp3) is 0.500. The zero-order chi connectivity index (χ0) is 18.0. The fourth-order valence-electron chi connectivity index (χ4n) is 3.11. The van der Waals surface area contributed by atoms with Gasteiger partial charge < -0.3 is 15.0 Å². The number of aryl methyl sites for hydroxylation is 1. The van der Waals surface area contributed by atoms with Crippen LogP contribution in [0.2, 0.25) is 0 Å². The number of likely N-dealkylation sites (tertiary alicyclic amines) is 1. The van der Waals surface area contributed by atoms with Gasteiger partial charge in [0.25, 0.3) is 5.91 Å². The summed E-state index contributed by atoms with van der Waals surface area (Å²) >= 11 is 0. The van der Waals surface area contributed by atoms with Crippen molar-refractivity contribution >= 4 is 11.8 Å². The van der Waals surface area contributed by atoms with Crippen LogP contribution in [0.3, 0.4) is 0 Å². The van der Waals surface area contributed by atoms with E-state index in [0.717, 1.165) is 5.69 Å². The first-order valence-electron chi connectivity index (χ1n) is 8.08. The summed E-state index contributed by atoms with van der Waals surface area (Å²) in [6, 6.07) is 2.94. The van der Waals surface area contributed by atoms with E-state index in [1.54, 1.807) is 46.9 Å². The van der Waals surface area contributed by atoms with E-state index in [1.165, 1.54) is 0 Å². The van der Waals surface area contributed by atoms with Crippen molar-refractivity contribution in [3.8, 4) is 0 Å². The van der Waals surface area contributed by atoms with E-state index in [9.17, 15) is 9.59 Å². The van der Waals surface area contributed by atoms with Crippen LogP contribution in [0.25, 0.3) is 0 Å². The maximum absolute atomic E-state index is 12.5. The molecule has 3 heterocycles. The number of aromatic nitrogens is 4. The normalized spacial score (nSPS) is 20.3. The monoisotopic (exact) mass is 346 g/mol. The summed E-state index contributed by atoms with van der Waals surface area (Å²) in [6.45, 7) is 1.10. The van der Waals surface area contributed by atoms with Crippen molar-refractivity contribution in [2.45, 2.75) is 25.0 Å². The number of nitrogens with one attached hydrogen (secondary N) is 1. The second kappa shape index (κ2) is 7.06. The molecule has 2 atom stereocenters. The molecule has 134 valence electrons. The average molecular weight is 346 g/mol. The average Bonchev–Trinajstić information content (AvgIpc) is 3.27. The van der Waals surface area contributed by atoms with E-state index >= 15 is 0 Å². The van der Waals surface area contributed by atoms with E-state index in [-0.39, 0.29) is 30.3 Å². The summed E-state index contributed by atoms with van der Waals surface area (Å²) in [7, 11) is 5.18. The molecule has 1 saturated heterocycles. The van der Waals surface area contributed by atoms with Gasteiger partial charge in [-0.2, -0.15) is 10.2 Å². The van der Waals surface area contributed by atoms with Crippen LogP contribution in [0.5, 0.6) is 0 Å². The Morgan fingerprint density at radius 3 is 2.88 bits per heavy atom. The van der Waals surface area contributed by atoms with E-state index < -0.39 is 0 Å². The third-order valence-electron chi connectivity index (χ3n) is 4.46. The van der Waals surface area contributed by atoms with Crippen LogP contribution in [-0.2, 0) is 23.1 Å². The van der Waals surface area contributed by atoms with Crippen LogP contribution in [0.1, 0.15) is 28.6 Å². The van der Waals surface area contributed by atoms with Gasteiger partial charge in [0.15, 0.2) is 0 Å². The summed E-state index contributed by atoms with van der Waals surface area (Å²) in [5, 5.41) is 11.3. The summed E-state index contributed by atoms with van der Waals surface area (Å²) in [5.41, 5.74) is 1.20. The molecule has 1 aliphatic heterocycles. The Kier molecular flexibility index (Phi) is 4.84. The van der Waals surface area contributed by atoms with Gasteiger partial charge in [0.05, 0.1) is 30.9 Å². The van der Waals surface area contributed by atoms with E-state index in [4.69, 9.17) is 4.74 Å². The Morgan fingerprint density at radius 1 is 1.40 bits per heavy atom. The second-order valence-electron chi connectivity index (χ2n) is 6.07. The first kappa shape index (κ1) is 17.2. The highest BCUT2D eigenvalue weighted by Gasteiger charge is 2.41. The van der Waals surface area contributed by atoms with Crippen molar-refractivity contribution in [3.63, 3.8) is 0 Å². The summed E-state index contributed by atoms with van der Waals surface area (Å²) in [6.07, 6.45) is 3.67. The lowest BCUT2D eigenvalue weighted by Gasteiger charge is -2.25. The van der Waals surface area contributed by atoms with Gasteiger partial charge in [-0.3, -0.25) is 19.0 Å². The Hall–Kier alpha value is -2.68. The third-order valence-corrected chi connectivity index (χ3v) is 4.46. The minimum atomic E-state index is -0.329. The van der Waals surface area contributed by atoms with Crippen LogP contribution >= 0.6 is 0 Å². The van der Waals surface area contributed by atoms with Crippen molar-refractivity contribution in [1.29, 1.82) is 0 Å². The van der Waals surface area contributed by atoms with Gasteiger partial charge in [-0.05, 0) is 12.1 Å². The third kappa shape index (κ3) is 3.41. The van der Waals surface area contributed by atoms with Gasteiger partial charge >= 0.3 is 0 Å². The quantitative estimate of drug-likeness (QED) is 0.792. The smallest absolute Gasteiger partial charge is 0.272 e. The predicted molar refractivity (Wildman–Crippen MR) is 88.7 cm³/mol. The van der Waals surface area contributed by atoms with Gasteiger partial charge in [0.1, 0.15) is 5.69 Å². The highest BCUT2D eigenvalue weighted by atomic mass is 16.5. The van der Waals surface area contributed by atoms with E-state index in [0.29, 0.717) is 18.8 Å². The molecule has 2 aromatic heterocycles.